The third kappa shape index (κ3) is 4.46. The van der Waals surface area contributed by atoms with Crippen molar-refractivity contribution >= 4 is 18.0 Å². The molecule has 29 heavy (non-hydrogen) atoms. The molecule has 1 aliphatic heterocycles. The molecule has 2 aromatic carbocycles. The van der Waals surface area contributed by atoms with Gasteiger partial charge in [0.15, 0.2) is 11.6 Å². The number of nitrogens with zero attached hydrogens (tertiary/aromatic N) is 3. The molecule has 1 aliphatic rings. The maximum atomic E-state index is 12.7. The van der Waals surface area contributed by atoms with E-state index in [4.69, 9.17) is 17.0 Å². The van der Waals surface area contributed by atoms with Crippen LogP contribution in [0.3, 0.4) is 0 Å². The lowest BCUT2D eigenvalue weighted by molar-refractivity contribution is 0.0803. The van der Waals surface area contributed by atoms with Gasteiger partial charge in [0.1, 0.15) is 5.75 Å². The van der Waals surface area contributed by atoms with Crippen LogP contribution in [0, 0.1) is 10.7 Å². The molecule has 0 saturated carbocycles. The second kappa shape index (κ2) is 8.71. The first kappa shape index (κ1) is 19.5. The minimum Gasteiger partial charge on any atom is -0.497 e. The van der Waals surface area contributed by atoms with Gasteiger partial charge in [0, 0.05) is 30.1 Å². The Bertz CT molecular complexity index is 1020. The topological polar surface area (TPSA) is 63.1 Å². The zero-order valence-corrected chi connectivity index (χ0v) is 17.2. The number of methoxy groups -OCH3 is 1. The van der Waals surface area contributed by atoms with Crippen molar-refractivity contribution in [3.63, 3.8) is 0 Å². The number of Topliss-reactive ketones (excluding diaryl/α,β-unsaturated/α-hetero) is 1. The van der Waals surface area contributed by atoms with E-state index in [-0.39, 0.29) is 11.7 Å². The molecule has 1 saturated heterocycles. The highest BCUT2D eigenvalue weighted by Gasteiger charge is 2.26. The van der Waals surface area contributed by atoms with Crippen LogP contribution in [0.15, 0.2) is 54.6 Å². The van der Waals surface area contributed by atoms with Crippen LogP contribution in [0.4, 0.5) is 0 Å². The first-order valence-corrected chi connectivity index (χ1v) is 10.2. The quantitative estimate of drug-likeness (QED) is 0.490. The predicted molar refractivity (Wildman–Crippen MR) is 114 cm³/mol. The number of ether oxygens (including phenoxy) is 1. The van der Waals surface area contributed by atoms with Crippen molar-refractivity contribution in [2.45, 2.75) is 19.5 Å². The number of nitrogens with one attached hydrogen (secondary N) is 1. The highest BCUT2D eigenvalue weighted by atomic mass is 32.1. The fourth-order valence-electron chi connectivity index (χ4n) is 3.71. The number of likely N-dealkylation sites (tertiary alicyclic amines) is 1. The van der Waals surface area contributed by atoms with Crippen molar-refractivity contribution < 1.29 is 9.53 Å². The van der Waals surface area contributed by atoms with Gasteiger partial charge in [-0.05, 0) is 49.3 Å². The van der Waals surface area contributed by atoms with Crippen LogP contribution in [0.1, 0.15) is 23.2 Å². The van der Waals surface area contributed by atoms with E-state index in [9.17, 15) is 4.79 Å². The van der Waals surface area contributed by atoms with Crippen molar-refractivity contribution in [2.24, 2.45) is 5.92 Å². The third-order valence-corrected chi connectivity index (χ3v) is 5.71. The number of carbonyl (C=O) groups is 1. The van der Waals surface area contributed by atoms with Gasteiger partial charge in [0.2, 0.25) is 4.77 Å². The maximum absolute atomic E-state index is 12.7. The first-order chi connectivity index (χ1) is 14.1. The molecule has 0 bridgehead atoms. The number of aromatic nitrogens is 3. The molecule has 7 heteroatoms. The normalized spacial score (nSPS) is 15.3. The van der Waals surface area contributed by atoms with E-state index >= 15 is 0 Å². The first-order valence-electron chi connectivity index (χ1n) is 9.77. The summed E-state index contributed by atoms with van der Waals surface area (Å²) < 4.78 is 7.61. The Balaban J connectivity index is 1.38. The van der Waals surface area contributed by atoms with Gasteiger partial charge in [0.05, 0.1) is 13.8 Å². The molecule has 0 unspecified atom stereocenters. The van der Waals surface area contributed by atoms with Gasteiger partial charge < -0.3 is 4.74 Å². The van der Waals surface area contributed by atoms with Crippen LogP contribution >= 0.6 is 12.2 Å². The molecule has 0 aliphatic carbocycles. The molecule has 0 radical (unpaired) electrons. The van der Waals surface area contributed by atoms with Crippen LogP contribution in [-0.4, -0.2) is 45.6 Å². The van der Waals surface area contributed by atoms with E-state index in [0.29, 0.717) is 11.4 Å². The van der Waals surface area contributed by atoms with Crippen molar-refractivity contribution in [3.05, 3.63) is 64.9 Å². The average molecular weight is 409 g/mol. The summed E-state index contributed by atoms with van der Waals surface area (Å²) in [5, 5.41) is 3.29. The molecule has 0 atom stereocenters. The van der Waals surface area contributed by atoms with Crippen LogP contribution in [0.25, 0.3) is 11.4 Å². The Morgan fingerprint density at radius 2 is 1.83 bits per heavy atom. The van der Waals surface area contributed by atoms with Gasteiger partial charge >= 0.3 is 0 Å². The molecule has 4 rings (SSSR count). The summed E-state index contributed by atoms with van der Waals surface area (Å²) in [6, 6.07) is 17.3. The van der Waals surface area contributed by atoms with Gasteiger partial charge in [-0.15, -0.1) is 0 Å². The molecule has 1 aromatic heterocycles. The minimum absolute atomic E-state index is 0.0956. The Hall–Kier alpha value is -2.77. The molecular weight excluding hydrogens is 384 g/mol. The molecule has 3 aromatic rings. The Morgan fingerprint density at radius 3 is 2.48 bits per heavy atom. The van der Waals surface area contributed by atoms with Crippen LogP contribution in [0.5, 0.6) is 5.75 Å². The van der Waals surface area contributed by atoms with E-state index < -0.39 is 0 Å². The van der Waals surface area contributed by atoms with Crippen molar-refractivity contribution in [2.75, 3.05) is 20.2 Å². The second-order valence-corrected chi connectivity index (χ2v) is 7.64. The number of aromatic amines is 1. The number of hydrogen-bond donors (Lipinski definition) is 1. The highest BCUT2D eigenvalue weighted by molar-refractivity contribution is 7.71. The minimum atomic E-state index is 0.0956. The fourth-order valence-corrected chi connectivity index (χ4v) is 3.90. The van der Waals surface area contributed by atoms with Gasteiger partial charge in [0.25, 0.3) is 0 Å². The molecule has 6 nitrogen and oxygen atoms in total. The molecule has 150 valence electrons. The summed E-state index contributed by atoms with van der Waals surface area (Å²) in [5.41, 5.74) is 1.77. The summed E-state index contributed by atoms with van der Waals surface area (Å²) in [5.74, 6) is 1.90. The average Bonchev–Trinajstić information content (AvgIpc) is 3.14. The summed E-state index contributed by atoms with van der Waals surface area (Å²) in [7, 11) is 1.65. The largest absolute Gasteiger partial charge is 0.497 e. The smallest absolute Gasteiger partial charge is 0.217 e. The Labute approximate surface area is 175 Å². The molecular formula is C22H24N4O2S. The standard InChI is InChI=1S/C22H24N4O2S/c1-28-19-9-7-18(8-10-19)21-23-22(29)26(24-21)15-25-13-11-17(12-14-25)20(27)16-5-3-2-4-6-16/h2-10,17H,11-15H2,1H3,(H,23,24,29). The zero-order chi connectivity index (χ0) is 20.2. The lowest BCUT2D eigenvalue weighted by Gasteiger charge is -2.31. The summed E-state index contributed by atoms with van der Waals surface area (Å²) in [6.07, 6.45) is 1.72. The van der Waals surface area contributed by atoms with Gasteiger partial charge in [-0.1, -0.05) is 30.3 Å². The Kier molecular flexibility index (Phi) is 5.87. The molecule has 1 fully saturated rings. The third-order valence-electron chi connectivity index (χ3n) is 5.40. The second-order valence-electron chi connectivity index (χ2n) is 7.28. The molecule has 1 N–H and O–H groups in total. The van der Waals surface area contributed by atoms with Crippen LogP contribution in [0.2, 0.25) is 0 Å². The van der Waals surface area contributed by atoms with Crippen LogP contribution < -0.4 is 4.74 Å². The number of piperidine rings is 1. The number of H-pyrrole nitrogens is 1. The van der Waals surface area contributed by atoms with Crippen LogP contribution in [-0.2, 0) is 6.67 Å². The molecule has 0 amide bonds. The van der Waals surface area contributed by atoms with Crippen molar-refractivity contribution in [1.82, 2.24) is 19.7 Å². The molecule has 0 spiro atoms. The summed E-state index contributed by atoms with van der Waals surface area (Å²) in [4.78, 5) is 19.5. The molecule has 2 heterocycles. The zero-order valence-electron chi connectivity index (χ0n) is 16.4. The van der Waals surface area contributed by atoms with Gasteiger partial charge in [-0.2, -0.15) is 4.98 Å². The number of carbonyl (C=O) groups excluding carboxylic acids is 1. The van der Waals surface area contributed by atoms with Crippen molar-refractivity contribution in [3.8, 4) is 17.1 Å². The van der Waals surface area contributed by atoms with Gasteiger partial charge in [-0.3, -0.25) is 14.8 Å². The van der Waals surface area contributed by atoms with Gasteiger partial charge in [-0.25, -0.2) is 4.68 Å². The fraction of sp³-hybridized carbons (Fsp3) is 0.318. The lowest BCUT2D eigenvalue weighted by atomic mass is 9.89. The predicted octanol–water partition coefficient (Wildman–Crippen LogP) is 4.17. The van der Waals surface area contributed by atoms with E-state index in [1.807, 2.05) is 59.3 Å². The lowest BCUT2D eigenvalue weighted by Crippen LogP contribution is -2.37. The van der Waals surface area contributed by atoms with Crippen molar-refractivity contribution in [1.29, 1.82) is 0 Å². The SMILES string of the molecule is COc1ccc(-c2nc(=S)n(CN3CCC(C(=O)c4ccccc4)CC3)[nH]2)cc1. The van der Waals surface area contributed by atoms with E-state index in [1.165, 1.54) is 0 Å². The summed E-state index contributed by atoms with van der Waals surface area (Å²) in [6.45, 7) is 2.37. The summed E-state index contributed by atoms with van der Waals surface area (Å²) >= 11 is 5.43. The highest BCUT2D eigenvalue weighted by Crippen LogP contribution is 2.23. The number of hydrogen-bond acceptors (Lipinski definition) is 5. The maximum Gasteiger partial charge on any atom is 0.217 e. The Morgan fingerprint density at radius 1 is 1.14 bits per heavy atom. The van der Waals surface area contributed by atoms with E-state index in [0.717, 1.165) is 48.6 Å². The number of ketones is 1. The van der Waals surface area contributed by atoms with E-state index in [1.54, 1.807) is 7.11 Å². The number of rotatable bonds is 6. The number of benzene rings is 2. The monoisotopic (exact) mass is 408 g/mol. The van der Waals surface area contributed by atoms with E-state index in [2.05, 4.69) is 15.0 Å².